The molecule has 0 radical (unpaired) electrons. The maximum atomic E-state index is 12.0. The smallest absolute Gasteiger partial charge is 0.216 e. The average molecular weight is 240 g/mol. The second-order valence-electron chi connectivity index (χ2n) is 2.92. The van der Waals surface area contributed by atoms with Gasteiger partial charge in [-0.1, -0.05) is 18.2 Å². The zero-order valence-electron chi connectivity index (χ0n) is 7.91. The van der Waals surface area contributed by atoms with Crippen LogP contribution in [0.4, 0.5) is 0 Å². The Balaban J connectivity index is 2.54. The summed E-state index contributed by atoms with van der Waals surface area (Å²) in [6.07, 6.45) is 0. The molecule has 0 aliphatic carbocycles. The van der Waals surface area contributed by atoms with Crippen LogP contribution >= 0.6 is 11.5 Å². The predicted octanol–water partition coefficient (Wildman–Crippen LogP) is 1.68. The summed E-state index contributed by atoms with van der Waals surface area (Å²) in [5.41, 5.74) is 0. The Hall–Kier alpha value is -1.27. The van der Waals surface area contributed by atoms with Crippen molar-refractivity contribution in [1.29, 1.82) is 0 Å². The van der Waals surface area contributed by atoms with Crippen LogP contribution in [0.5, 0.6) is 0 Å². The molecule has 0 fully saturated rings. The highest BCUT2D eigenvalue weighted by Crippen LogP contribution is 2.21. The van der Waals surface area contributed by atoms with Gasteiger partial charge in [0.25, 0.3) is 0 Å². The minimum Gasteiger partial charge on any atom is -0.216 e. The highest BCUT2D eigenvalue weighted by Gasteiger charge is 2.21. The number of aromatic nitrogens is 2. The Morgan fingerprint density at radius 3 is 2.40 bits per heavy atom. The van der Waals surface area contributed by atoms with Gasteiger partial charge in [0.15, 0.2) is 0 Å². The van der Waals surface area contributed by atoms with E-state index in [9.17, 15) is 8.42 Å². The van der Waals surface area contributed by atoms with Crippen molar-refractivity contribution in [1.82, 2.24) is 9.36 Å². The third kappa shape index (κ3) is 1.91. The van der Waals surface area contributed by atoms with E-state index < -0.39 is 9.84 Å². The molecule has 1 aromatic heterocycles. The highest BCUT2D eigenvalue weighted by atomic mass is 32.2. The first kappa shape index (κ1) is 10.3. The molecule has 0 aliphatic rings. The summed E-state index contributed by atoms with van der Waals surface area (Å²) in [6, 6.07) is 8.23. The number of rotatable bonds is 2. The second-order valence-corrected chi connectivity index (χ2v) is 5.80. The van der Waals surface area contributed by atoms with Gasteiger partial charge in [0.05, 0.1) is 4.90 Å². The quantitative estimate of drug-likeness (QED) is 0.801. The Bertz CT molecular complexity index is 561. The van der Waals surface area contributed by atoms with Crippen molar-refractivity contribution in [2.45, 2.75) is 16.2 Å². The standard InChI is InChI=1S/C9H8N2O2S2/c1-7-10-9(14-11-7)15(12,13)8-5-3-2-4-6-8/h2-6H,1H3. The summed E-state index contributed by atoms with van der Waals surface area (Å²) in [4.78, 5) is 4.13. The van der Waals surface area contributed by atoms with Gasteiger partial charge in [-0.05, 0) is 30.6 Å². The van der Waals surface area contributed by atoms with Crippen molar-refractivity contribution in [3.8, 4) is 0 Å². The summed E-state index contributed by atoms with van der Waals surface area (Å²) in [7, 11) is -3.47. The van der Waals surface area contributed by atoms with Crippen molar-refractivity contribution >= 4 is 21.4 Å². The van der Waals surface area contributed by atoms with Gasteiger partial charge in [0, 0.05) is 0 Å². The van der Waals surface area contributed by atoms with Crippen LogP contribution in [-0.4, -0.2) is 17.8 Å². The highest BCUT2D eigenvalue weighted by molar-refractivity contribution is 7.93. The van der Waals surface area contributed by atoms with E-state index in [-0.39, 0.29) is 9.24 Å². The average Bonchev–Trinajstić information content (AvgIpc) is 2.67. The third-order valence-corrected chi connectivity index (χ3v) is 4.72. The summed E-state index contributed by atoms with van der Waals surface area (Å²) >= 11 is 0.902. The van der Waals surface area contributed by atoms with Crippen molar-refractivity contribution in [3.63, 3.8) is 0 Å². The van der Waals surface area contributed by atoms with Gasteiger partial charge < -0.3 is 0 Å². The molecule has 1 aromatic carbocycles. The fourth-order valence-corrected chi connectivity index (χ4v) is 3.27. The van der Waals surface area contributed by atoms with E-state index in [1.807, 2.05) is 0 Å². The molecular formula is C9H8N2O2S2. The van der Waals surface area contributed by atoms with Crippen LogP contribution in [0, 0.1) is 6.92 Å². The van der Waals surface area contributed by atoms with Crippen molar-refractivity contribution < 1.29 is 8.42 Å². The molecule has 0 spiro atoms. The number of aryl methyl sites for hydroxylation is 1. The predicted molar refractivity (Wildman–Crippen MR) is 56.5 cm³/mol. The molecule has 2 aromatic rings. The van der Waals surface area contributed by atoms with Crippen LogP contribution in [0.1, 0.15) is 5.82 Å². The fourth-order valence-electron chi connectivity index (χ4n) is 1.09. The van der Waals surface area contributed by atoms with Crippen molar-refractivity contribution in [2.24, 2.45) is 0 Å². The lowest BCUT2D eigenvalue weighted by atomic mass is 10.4. The molecule has 0 aliphatic heterocycles. The Kier molecular flexibility index (Phi) is 2.54. The van der Waals surface area contributed by atoms with Gasteiger partial charge in [-0.15, -0.1) is 0 Å². The number of hydrogen-bond acceptors (Lipinski definition) is 5. The number of sulfone groups is 1. The van der Waals surface area contributed by atoms with Crippen LogP contribution in [0.2, 0.25) is 0 Å². The first-order valence-electron chi connectivity index (χ1n) is 4.21. The lowest BCUT2D eigenvalue weighted by molar-refractivity contribution is 0.595. The van der Waals surface area contributed by atoms with Crippen LogP contribution in [-0.2, 0) is 9.84 Å². The first-order chi connectivity index (χ1) is 7.10. The molecule has 0 amide bonds. The maximum absolute atomic E-state index is 12.0. The lowest BCUT2D eigenvalue weighted by Gasteiger charge is -1.98. The van der Waals surface area contributed by atoms with E-state index >= 15 is 0 Å². The summed E-state index contributed by atoms with van der Waals surface area (Å²) in [5.74, 6) is 0.481. The fraction of sp³-hybridized carbons (Fsp3) is 0.111. The Morgan fingerprint density at radius 1 is 1.20 bits per heavy atom. The topological polar surface area (TPSA) is 59.9 Å². The molecule has 0 bridgehead atoms. The zero-order valence-corrected chi connectivity index (χ0v) is 9.55. The van der Waals surface area contributed by atoms with Gasteiger partial charge in [-0.3, -0.25) is 0 Å². The molecule has 2 rings (SSSR count). The molecule has 15 heavy (non-hydrogen) atoms. The number of nitrogens with zero attached hydrogens (tertiary/aromatic N) is 2. The summed E-state index contributed by atoms with van der Waals surface area (Å²) in [6.45, 7) is 1.67. The third-order valence-electron chi connectivity index (χ3n) is 1.79. The van der Waals surface area contributed by atoms with Gasteiger partial charge in [0.2, 0.25) is 14.2 Å². The summed E-state index contributed by atoms with van der Waals surface area (Å²) < 4.78 is 27.8. The van der Waals surface area contributed by atoms with E-state index in [4.69, 9.17) is 0 Å². The van der Waals surface area contributed by atoms with Crippen molar-refractivity contribution in [2.75, 3.05) is 0 Å². The van der Waals surface area contributed by atoms with Gasteiger partial charge in [0.1, 0.15) is 5.82 Å². The van der Waals surface area contributed by atoms with Gasteiger partial charge >= 0.3 is 0 Å². The maximum Gasteiger partial charge on any atom is 0.235 e. The normalized spacial score (nSPS) is 11.5. The number of benzene rings is 1. The van der Waals surface area contributed by atoms with E-state index in [0.717, 1.165) is 11.5 Å². The molecule has 0 saturated carbocycles. The minimum atomic E-state index is -3.47. The number of hydrogen-bond donors (Lipinski definition) is 0. The van der Waals surface area contributed by atoms with E-state index in [1.165, 1.54) is 0 Å². The summed E-state index contributed by atoms with van der Waals surface area (Å²) in [5, 5.41) is 0. The van der Waals surface area contributed by atoms with Crippen LogP contribution < -0.4 is 0 Å². The Labute approximate surface area is 91.7 Å². The van der Waals surface area contributed by atoms with Crippen LogP contribution in [0.15, 0.2) is 39.6 Å². The molecule has 0 N–H and O–H groups in total. The van der Waals surface area contributed by atoms with Gasteiger partial charge in [-0.2, -0.15) is 4.37 Å². The molecule has 78 valence electrons. The zero-order chi connectivity index (χ0) is 10.9. The first-order valence-corrected chi connectivity index (χ1v) is 6.47. The molecule has 0 atom stereocenters. The SMILES string of the molecule is Cc1nsc(S(=O)(=O)c2ccccc2)n1. The molecule has 6 heteroatoms. The molecule has 0 unspecified atom stereocenters. The van der Waals surface area contributed by atoms with Gasteiger partial charge in [-0.25, -0.2) is 13.4 Å². The monoisotopic (exact) mass is 240 g/mol. The molecule has 4 nitrogen and oxygen atoms in total. The minimum absolute atomic E-state index is 0.0474. The second kappa shape index (κ2) is 3.71. The molecular weight excluding hydrogens is 232 g/mol. The van der Waals surface area contributed by atoms with E-state index in [2.05, 4.69) is 9.36 Å². The molecule has 0 saturated heterocycles. The van der Waals surface area contributed by atoms with Crippen LogP contribution in [0.25, 0.3) is 0 Å². The Morgan fingerprint density at radius 2 is 1.87 bits per heavy atom. The lowest BCUT2D eigenvalue weighted by Crippen LogP contribution is -2.00. The van der Waals surface area contributed by atoms with E-state index in [1.54, 1.807) is 37.3 Å². The largest absolute Gasteiger partial charge is 0.235 e. The van der Waals surface area contributed by atoms with Crippen LogP contribution in [0.3, 0.4) is 0 Å². The van der Waals surface area contributed by atoms with Crippen molar-refractivity contribution in [3.05, 3.63) is 36.2 Å². The van der Waals surface area contributed by atoms with E-state index in [0.29, 0.717) is 5.82 Å². The molecule has 1 heterocycles.